The number of aromatic nitrogens is 2. The zero-order valence-corrected chi connectivity index (χ0v) is 21.2. The summed E-state index contributed by atoms with van der Waals surface area (Å²) >= 11 is 0. The molecule has 0 saturated heterocycles. The van der Waals surface area contributed by atoms with Gasteiger partial charge in [0.05, 0.1) is 38.5 Å². The first kappa shape index (κ1) is 26.6. The van der Waals surface area contributed by atoms with E-state index in [4.69, 9.17) is 23.7 Å². The second-order valence-electron chi connectivity index (χ2n) is 7.79. The molecule has 0 aliphatic rings. The Kier molecular flexibility index (Phi) is 8.32. The van der Waals surface area contributed by atoms with E-state index >= 15 is 0 Å². The highest BCUT2D eigenvalue weighted by atomic mass is 16.6. The molecule has 11 heteroatoms. The van der Waals surface area contributed by atoms with Crippen LogP contribution in [0.15, 0.2) is 78.9 Å². The number of anilines is 1. The Morgan fingerprint density at radius 2 is 0.923 bits per heavy atom. The Balaban J connectivity index is 1.59. The number of amides is 1. The van der Waals surface area contributed by atoms with Crippen molar-refractivity contribution in [2.45, 2.75) is 0 Å². The minimum atomic E-state index is -0.740. The molecule has 0 aliphatic heterocycles. The zero-order chi connectivity index (χ0) is 27.8. The van der Waals surface area contributed by atoms with Crippen LogP contribution in [0.2, 0.25) is 0 Å². The van der Waals surface area contributed by atoms with Gasteiger partial charge in [-0.15, -0.1) is 0 Å². The van der Waals surface area contributed by atoms with Crippen molar-refractivity contribution < 1.29 is 38.1 Å². The number of nitrogens with zero attached hydrogens (tertiary/aromatic N) is 2. The Morgan fingerprint density at radius 3 is 1.28 bits per heavy atom. The van der Waals surface area contributed by atoms with Crippen LogP contribution >= 0.6 is 0 Å². The van der Waals surface area contributed by atoms with Gasteiger partial charge >= 0.3 is 11.9 Å². The fourth-order valence-corrected chi connectivity index (χ4v) is 3.24. The maximum Gasteiger partial charge on any atom is 0.344 e. The molecule has 1 aromatic heterocycles. The normalized spacial score (nSPS) is 10.2. The second kappa shape index (κ2) is 12.2. The van der Waals surface area contributed by atoms with Crippen LogP contribution in [-0.2, 0) is 0 Å². The molecule has 1 N–H and O–H groups in total. The first-order valence-electron chi connectivity index (χ1n) is 11.5. The third kappa shape index (κ3) is 6.86. The summed E-state index contributed by atoms with van der Waals surface area (Å²) in [5, 5.41) is 2.52. The molecule has 39 heavy (non-hydrogen) atoms. The van der Waals surface area contributed by atoms with Crippen molar-refractivity contribution in [3.05, 3.63) is 95.6 Å². The molecule has 1 heterocycles. The maximum atomic E-state index is 12.8. The van der Waals surface area contributed by atoms with Gasteiger partial charge in [0, 0.05) is 5.56 Å². The summed E-state index contributed by atoms with van der Waals surface area (Å²) in [6.45, 7) is 0. The molecular weight excluding hydrogens is 506 g/mol. The highest BCUT2D eigenvalue weighted by molar-refractivity contribution is 6.03. The number of methoxy groups -OCH3 is 3. The van der Waals surface area contributed by atoms with Gasteiger partial charge in [0.2, 0.25) is 17.7 Å². The largest absolute Gasteiger partial charge is 0.497 e. The van der Waals surface area contributed by atoms with Crippen molar-refractivity contribution in [1.29, 1.82) is 0 Å². The van der Waals surface area contributed by atoms with Crippen molar-refractivity contribution in [1.82, 2.24) is 9.97 Å². The molecular formula is C28H23N3O8. The van der Waals surface area contributed by atoms with E-state index in [1.807, 2.05) is 0 Å². The van der Waals surface area contributed by atoms with E-state index in [0.717, 1.165) is 6.07 Å². The lowest BCUT2D eigenvalue weighted by molar-refractivity contribution is 0.0723. The third-order valence-corrected chi connectivity index (χ3v) is 5.30. The molecule has 0 unspecified atom stereocenters. The van der Waals surface area contributed by atoms with Gasteiger partial charge in [-0.3, -0.25) is 10.1 Å². The monoisotopic (exact) mass is 529 g/mol. The predicted octanol–water partition coefficient (Wildman–Crippen LogP) is 4.19. The Bertz CT molecular complexity index is 1280. The van der Waals surface area contributed by atoms with Crippen LogP contribution in [-0.4, -0.2) is 49.1 Å². The molecule has 0 saturated carbocycles. The van der Waals surface area contributed by atoms with E-state index in [1.165, 1.54) is 45.6 Å². The van der Waals surface area contributed by atoms with Crippen molar-refractivity contribution >= 4 is 23.8 Å². The van der Waals surface area contributed by atoms with Crippen molar-refractivity contribution in [2.75, 3.05) is 26.6 Å². The number of carbonyl (C=O) groups excluding carboxylic acids is 3. The lowest BCUT2D eigenvalue weighted by atomic mass is 10.2. The fourth-order valence-electron chi connectivity index (χ4n) is 3.24. The van der Waals surface area contributed by atoms with Gasteiger partial charge in [0.25, 0.3) is 5.91 Å². The molecule has 1 amide bonds. The predicted molar refractivity (Wildman–Crippen MR) is 139 cm³/mol. The lowest BCUT2D eigenvalue weighted by Crippen LogP contribution is -2.17. The van der Waals surface area contributed by atoms with E-state index in [2.05, 4.69) is 15.3 Å². The van der Waals surface area contributed by atoms with Crippen LogP contribution < -0.4 is 29.0 Å². The number of hydrogen-bond donors (Lipinski definition) is 1. The number of esters is 2. The number of rotatable bonds is 9. The fraction of sp³-hybridized carbons (Fsp3) is 0.107. The molecule has 3 aromatic carbocycles. The highest BCUT2D eigenvalue weighted by Crippen LogP contribution is 2.22. The minimum Gasteiger partial charge on any atom is -0.497 e. The van der Waals surface area contributed by atoms with Gasteiger partial charge in [-0.2, -0.15) is 9.97 Å². The molecule has 0 spiro atoms. The summed E-state index contributed by atoms with van der Waals surface area (Å²) in [4.78, 5) is 46.4. The molecule has 4 rings (SSSR count). The molecule has 0 atom stereocenters. The summed E-state index contributed by atoms with van der Waals surface area (Å²) in [6.07, 6.45) is 0. The van der Waals surface area contributed by atoms with Crippen molar-refractivity contribution in [2.24, 2.45) is 0 Å². The smallest absolute Gasteiger partial charge is 0.344 e. The van der Waals surface area contributed by atoms with Crippen molar-refractivity contribution in [3.63, 3.8) is 0 Å². The maximum absolute atomic E-state index is 12.8. The first-order chi connectivity index (χ1) is 18.9. The summed E-state index contributed by atoms with van der Waals surface area (Å²) in [7, 11) is 4.52. The molecule has 198 valence electrons. The topological polar surface area (TPSA) is 135 Å². The van der Waals surface area contributed by atoms with Gasteiger partial charge < -0.3 is 23.7 Å². The van der Waals surface area contributed by atoms with Gasteiger partial charge in [0.15, 0.2) is 0 Å². The van der Waals surface area contributed by atoms with E-state index in [-0.39, 0.29) is 34.4 Å². The van der Waals surface area contributed by atoms with Crippen LogP contribution in [0.4, 0.5) is 5.95 Å². The average molecular weight is 530 g/mol. The quantitative estimate of drug-likeness (QED) is 0.314. The molecule has 0 fully saturated rings. The molecule has 11 nitrogen and oxygen atoms in total. The van der Waals surface area contributed by atoms with E-state index < -0.39 is 17.8 Å². The Labute approximate surface area is 223 Å². The molecule has 0 bridgehead atoms. The van der Waals surface area contributed by atoms with E-state index in [0.29, 0.717) is 17.2 Å². The first-order valence-corrected chi connectivity index (χ1v) is 11.5. The number of ether oxygens (including phenoxy) is 5. The number of hydrogen-bond acceptors (Lipinski definition) is 10. The van der Waals surface area contributed by atoms with Crippen molar-refractivity contribution in [3.8, 4) is 29.0 Å². The number of nitrogens with one attached hydrogen (secondary N) is 1. The van der Waals surface area contributed by atoms with Crippen LogP contribution in [0.1, 0.15) is 31.1 Å². The highest BCUT2D eigenvalue weighted by Gasteiger charge is 2.18. The Morgan fingerprint density at radius 1 is 0.564 bits per heavy atom. The molecule has 0 aliphatic carbocycles. The van der Waals surface area contributed by atoms with Crippen LogP contribution in [0.5, 0.6) is 29.0 Å². The summed E-state index contributed by atoms with van der Waals surface area (Å²) in [5.41, 5.74) is 0.724. The molecule has 4 aromatic rings. The van der Waals surface area contributed by atoms with Gasteiger partial charge in [-0.25, -0.2) is 9.59 Å². The SMILES string of the molecule is COc1ccc(C(=O)Nc2nc(OC(=O)c3ccc(OC)cc3)cc(OC(=O)c3ccc(OC)cc3)n2)cc1. The van der Waals surface area contributed by atoms with Gasteiger partial charge in [0.1, 0.15) is 17.2 Å². The molecule has 0 radical (unpaired) electrons. The third-order valence-electron chi connectivity index (χ3n) is 5.30. The standard InChI is InChI=1S/C28H23N3O8/c1-35-20-10-4-17(5-11-20)25(32)31-28-29-23(38-26(33)18-6-12-21(36-2)13-7-18)16-24(30-28)39-27(34)19-8-14-22(37-3)15-9-19/h4-16H,1-3H3,(H,29,30,31,32). The lowest BCUT2D eigenvalue weighted by Gasteiger charge is -2.10. The zero-order valence-electron chi connectivity index (χ0n) is 21.2. The summed E-state index contributed by atoms with van der Waals surface area (Å²) in [5.74, 6) is -1.11. The second-order valence-corrected chi connectivity index (χ2v) is 7.79. The number of benzene rings is 3. The van der Waals surface area contributed by atoms with E-state index in [1.54, 1.807) is 48.5 Å². The average Bonchev–Trinajstić information content (AvgIpc) is 2.97. The van der Waals surface area contributed by atoms with Crippen LogP contribution in [0.3, 0.4) is 0 Å². The summed E-state index contributed by atoms with van der Waals surface area (Å²) < 4.78 is 26.1. The van der Waals surface area contributed by atoms with Gasteiger partial charge in [-0.1, -0.05) is 0 Å². The Hall–Kier alpha value is -5.45. The minimum absolute atomic E-state index is 0.218. The summed E-state index contributed by atoms with van der Waals surface area (Å²) in [6, 6.07) is 19.9. The number of carbonyl (C=O) groups is 3. The van der Waals surface area contributed by atoms with Gasteiger partial charge in [-0.05, 0) is 72.8 Å². The van der Waals surface area contributed by atoms with Crippen LogP contribution in [0, 0.1) is 0 Å². The van der Waals surface area contributed by atoms with E-state index in [9.17, 15) is 14.4 Å². The van der Waals surface area contributed by atoms with Crippen LogP contribution in [0.25, 0.3) is 0 Å².